The topological polar surface area (TPSA) is 72.9 Å². The molecular weight excluding hydrogens is 358 g/mol. The summed E-state index contributed by atoms with van der Waals surface area (Å²) in [6.45, 7) is 0. The van der Waals surface area contributed by atoms with Crippen molar-refractivity contribution in [2.45, 2.75) is 18.3 Å². The van der Waals surface area contributed by atoms with E-state index >= 15 is 0 Å². The summed E-state index contributed by atoms with van der Waals surface area (Å²) in [5, 5.41) is 0. The van der Waals surface area contributed by atoms with Crippen LogP contribution in [0, 0.1) is 11.8 Å². The first-order valence-corrected chi connectivity index (χ1v) is 9.28. The molecule has 2 fully saturated rings. The Morgan fingerprint density at radius 3 is 2.32 bits per heavy atom. The van der Waals surface area contributed by atoms with Crippen molar-refractivity contribution >= 4 is 23.3 Å². The van der Waals surface area contributed by atoms with Gasteiger partial charge in [0.15, 0.2) is 0 Å². The highest BCUT2D eigenvalue weighted by atomic mass is 16.5. The Morgan fingerprint density at radius 2 is 1.61 bits per heavy atom. The summed E-state index contributed by atoms with van der Waals surface area (Å²) in [5.41, 5.74) is 2.28. The minimum Gasteiger partial charge on any atom is -0.497 e. The highest BCUT2D eigenvalue weighted by molar-refractivity contribution is 6.25. The number of rotatable bonds is 3. The van der Waals surface area contributed by atoms with E-state index in [2.05, 4.69) is 0 Å². The molecule has 1 heterocycles. The zero-order chi connectivity index (χ0) is 19.6. The molecule has 6 heteroatoms. The predicted molar refractivity (Wildman–Crippen MR) is 101 cm³/mol. The molecule has 1 saturated carbocycles. The lowest BCUT2D eigenvalue weighted by atomic mass is 9.56. The third-order valence-corrected chi connectivity index (χ3v) is 6.32. The molecular formula is C22H19NO5. The Bertz CT molecular complexity index is 1030. The van der Waals surface area contributed by atoms with E-state index in [1.807, 2.05) is 24.3 Å². The van der Waals surface area contributed by atoms with Crippen LogP contribution in [-0.2, 0) is 14.4 Å². The molecule has 6 rings (SSSR count). The minimum atomic E-state index is -0.649. The number of hydrogen-bond acceptors (Lipinski definition) is 5. The van der Waals surface area contributed by atoms with E-state index in [4.69, 9.17) is 9.47 Å². The number of anilines is 1. The maximum atomic E-state index is 13.4. The van der Waals surface area contributed by atoms with E-state index in [0.717, 1.165) is 11.1 Å². The number of nitrogens with zero attached hydrogens (tertiary/aromatic N) is 1. The van der Waals surface area contributed by atoms with Crippen LogP contribution in [0.3, 0.4) is 0 Å². The third kappa shape index (κ3) is 2.06. The van der Waals surface area contributed by atoms with Gasteiger partial charge in [-0.25, -0.2) is 4.90 Å². The Hall–Kier alpha value is -3.15. The molecule has 4 atom stereocenters. The van der Waals surface area contributed by atoms with Gasteiger partial charge in [0, 0.05) is 18.4 Å². The monoisotopic (exact) mass is 377 g/mol. The van der Waals surface area contributed by atoms with Crippen molar-refractivity contribution in [3.8, 4) is 11.5 Å². The van der Waals surface area contributed by atoms with E-state index in [1.54, 1.807) is 18.2 Å². The Morgan fingerprint density at radius 1 is 0.893 bits per heavy atom. The summed E-state index contributed by atoms with van der Waals surface area (Å²) in [5.74, 6) is -1.58. The van der Waals surface area contributed by atoms with Gasteiger partial charge >= 0.3 is 0 Å². The number of carbonyl (C=O) groups excluding carboxylic acids is 3. The number of carbonyl (C=O) groups is 3. The highest BCUT2D eigenvalue weighted by Crippen LogP contribution is 2.58. The number of Topliss-reactive ketones (excluding diaryl/α,β-unsaturated/α-hetero) is 1. The molecule has 3 aliphatic carbocycles. The van der Waals surface area contributed by atoms with Gasteiger partial charge in [-0.1, -0.05) is 24.3 Å². The normalized spacial score (nSPS) is 27.6. The van der Waals surface area contributed by atoms with Crippen molar-refractivity contribution in [3.63, 3.8) is 0 Å². The second-order valence-corrected chi connectivity index (χ2v) is 7.48. The van der Waals surface area contributed by atoms with Crippen molar-refractivity contribution in [2.75, 3.05) is 19.1 Å². The van der Waals surface area contributed by atoms with Gasteiger partial charge in [0.2, 0.25) is 11.8 Å². The number of fused-ring (bicyclic) bond motifs is 1. The van der Waals surface area contributed by atoms with Crippen molar-refractivity contribution < 1.29 is 23.9 Å². The van der Waals surface area contributed by atoms with Gasteiger partial charge < -0.3 is 9.47 Å². The van der Waals surface area contributed by atoms with Crippen LogP contribution >= 0.6 is 0 Å². The summed E-state index contributed by atoms with van der Waals surface area (Å²) in [6.07, 6.45) is 0.310. The minimum absolute atomic E-state index is 0.0468. The van der Waals surface area contributed by atoms with E-state index in [0.29, 0.717) is 23.6 Å². The van der Waals surface area contributed by atoms with Crippen molar-refractivity contribution in [3.05, 3.63) is 53.6 Å². The fourth-order valence-corrected chi connectivity index (χ4v) is 5.17. The van der Waals surface area contributed by atoms with E-state index in [9.17, 15) is 14.4 Å². The van der Waals surface area contributed by atoms with E-state index in [1.165, 1.54) is 19.1 Å². The standard InChI is InChI=1S/C22H19NO5/c1-27-11-7-8-17(28-2)15(9-11)23-21(25)19-14-10-16(24)18(20(19)22(23)26)13-6-4-3-5-12(13)14/h3-9,14,18-20H,10H2,1-2H3/t14-,18+,19-,20+/m0/s1. The van der Waals surface area contributed by atoms with Crippen molar-refractivity contribution in [2.24, 2.45) is 11.8 Å². The van der Waals surface area contributed by atoms with Gasteiger partial charge in [-0.15, -0.1) is 0 Å². The van der Waals surface area contributed by atoms with Gasteiger partial charge in [-0.2, -0.15) is 0 Å². The number of benzene rings is 2. The predicted octanol–water partition coefficient (Wildman–Crippen LogP) is 2.66. The molecule has 1 aliphatic heterocycles. The summed E-state index contributed by atoms with van der Waals surface area (Å²) in [6, 6.07) is 12.7. The van der Waals surface area contributed by atoms with Gasteiger partial charge in [-0.05, 0) is 23.3 Å². The molecule has 1 saturated heterocycles. The second kappa shape index (κ2) is 5.92. The largest absolute Gasteiger partial charge is 0.497 e. The van der Waals surface area contributed by atoms with Gasteiger partial charge in [0.25, 0.3) is 0 Å². The maximum absolute atomic E-state index is 13.4. The molecule has 142 valence electrons. The van der Waals surface area contributed by atoms with E-state index < -0.39 is 17.8 Å². The first kappa shape index (κ1) is 17.0. The molecule has 4 aliphatic rings. The summed E-state index contributed by atoms with van der Waals surface area (Å²) in [4.78, 5) is 40.8. The summed E-state index contributed by atoms with van der Waals surface area (Å²) >= 11 is 0. The van der Waals surface area contributed by atoms with Crippen LogP contribution in [0.2, 0.25) is 0 Å². The average Bonchev–Trinajstić information content (AvgIpc) is 2.99. The number of methoxy groups -OCH3 is 2. The van der Waals surface area contributed by atoms with Gasteiger partial charge in [-0.3, -0.25) is 14.4 Å². The number of amides is 2. The lowest BCUT2D eigenvalue weighted by Gasteiger charge is -2.43. The fourth-order valence-electron chi connectivity index (χ4n) is 5.17. The third-order valence-electron chi connectivity index (χ3n) is 6.32. The highest BCUT2D eigenvalue weighted by Gasteiger charge is 2.63. The lowest BCUT2D eigenvalue weighted by Crippen LogP contribution is -2.44. The van der Waals surface area contributed by atoms with Crippen LogP contribution in [0.4, 0.5) is 5.69 Å². The smallest absolute Gasteiger partial charge is 0.238 e. The second-order valence-electron chi connectivity index (χ2n) is 7.48. The van der Waals surface area contributed by atoms with Crippen molar-refractivity contribution in [1.82, 2.24) is 0 Å². The number of imide groups is 1. The number of ketones is 1. The number of ether oxygens (including phenoxy) is 2. The SMILES string of the molecule is COc1ccc(OC)c(N2C(=O)[C@@H]3[C@H](C2=O)[C@H]2C(=O)C[C@H]3c3ccccc32)c1. The molecule has 0 aromatic heterocycles. The van der Waals surface area contributed by atoms with Crippen LogP contribution in [0.25, 0.3) is 0 Å². The zero-order valence-electron chi connectivity index (χ0n) is 15.5. The maximum Gasteiger partial charge on any atom is 0.238 e. The first-order valence-electron chi connectivity index (χ1n) is 9.28. The lowest BCUT2D eigenvalue weighted by molar-refractivity contribution is -0.134. The average molecular weight is 377 g/mol. The van der Waals surface area contributed by atoms with Crippen LogP contribution < -0.4 is 14.4 Å². The number of hydrogen-bond donors (Lipinski definition) is 0. The van der Waals surface area contributed by atoms with Crippen LogP contribution in [0.1, 0.15) is 29.4 Å². The van der Waals surface area contributed by atoms with Gasteiger partial charge in [0.05, 0.1) is 37.7 Å². The molecule has 2 bridgehead atoms. The molecule has 6 nitrogen and oxygen atoms in total. The Labute approximate surface area is 162 Å². The van der Waals surface area contributed by atoms with Crippen LogP contribution in [-0.4, -0.2) is 31.8 Å². The molecule has 2 aromatic carbocycles. The van der Waals surface area contributed by atoms with Crippen LogP contribution in [0.15, 0.2) is 42.5 Å². The van der Waals surface area contributed by atoms with Crippen LogP contribution in [0.5, 0.6) is 11.5 Å². The summed E-state index contributed by atoms with van der Waals surface area (Å²) < 4.78 is 10.7. The summed E-state index contributed by atoms with van der Waals surface area (Å²) in [7, 11) is 3.01. The molecule has 0 spiro atoms. The molecule has 2 amide bonds. The molecule has 0 unspecified atom stereocenters. The Balaban J connectivity index is 1.65. The zero-order valence-corrected chi connectivity index (χ0v) is 15.5. The van der Waals surface area contributed by atoms with Gasteiger partial charge in [0.1, 0.15) is 17.3 Å². The van der Waals surface area contributed by atoms with Crippen molar-refractivity contribution in [1.29, 1.82) is 0 Å². The molecule has 0 N–H and O–H groups in total. The molecule has 2 aromatic rings. The fraction of sp³-hybridized carbons (Fsp3) is 0.318. The molecule has 0 radical (unpaired) electrons. The Kier molecular flexibility index (Phi) is 3.59. The first-order chi connectivity index (χ1) is 13.6. The molecule has 28 heavy (non-hydrogen) atoms. The van der Waals surface area contributed by atoms with E-state index in [-0.39, 0.29) is 23.5 Å². The quantitative estimate of drug-likeness (QED) is 0.769.